The standard InChI is InChI=1S/C7H14NO.BrH/c1-4-5-8(2,3)6-7-9;/h1,9H,5-7H2,2-3H3;1H/q+1;/p-1. The van der Waals surface area contributed by atoms with Gasteiger partial charge in [-0.25, -0.2) is 0 Å². The molecular formula is C7H14BrNO. The lowest BCUT2D eigenvalue weighted by Crippen LogP contribution is -3.00. The zero-order chi connectivity index (χ0) is 7.33. The van der Waals surface area contributed by atoms with E-state index in [2.05, 4.69) is 5.92 Å². The first-order valence-corrected chi connectivity index (χ1v) is 2.99. The minimum Gasteiger partial charge on any atom is -1.00 e. The van der Waals surface area contributed by atoms with Crippen molar-refractivity contribution in [2.45, 2.75) is 0 Å². The monoisotopic (exact) mass is 207 g/mol. The number of hydrogen-bond donors (Lipinski definition) is 1. The van der Waals surface area contributed by atoms with Gasteiger partial charge in [0, 0.05) is 0 Å². The van der Waals surface area contributed by atoms with Crippen LogP contribution in [-0.4, -0.2) is 43.4 Å². The number of halogens is 1. The predicted molar refractivity (Wildman–Crippen MR) is 37.8 cm³/mol. The number of rotatable bonds is 3. The smallest absolute Gasteiger partial charge is 0.140 e. The van der Waals surface area contributed by atoms with Gasteiger partial charge < -0.3 is 26.6 Å². The van der Waals surface area contributed by atoms with Gasteiger partial charge in [0.05, 0.1) is 20.7 Å². The topological polar surface area (TPSA) is 20.2 Å². The first kappa shape index (κ1) is 12.6. The normalized spacial score (nSPS) is 9.80. The molecule has 0 aliphatic carbocycles. The lowest BCUT2D eigenvalue weighted by Gasteiger charge is -2.25. The van der Waals surface area contributed by atoms with Crippen molar-refractivity contribution >= 4 is 0 Å². The number of terminal acetylenes is 1. The van der Waals surface area contributed by atoms with Crippen LogP contribution in [0.3, 0.4) is 0 Å². The first-order chi connectivity index (χ1) is 4.12. The third-order valence-electron chi connectivity index (χ3n) is 1.22. The molecule has 60 valence electrons. The van der Waals surface area contributed by atoms with E-state index in [0.717, 1.165) is 6.54 Å². The molecule has 0 aliphatic rings. The van der Waals surface area contributed by atoms with Gasteiger partial charge >= 0.3 is 0 Å². The van der Waals surface area contributed by atoms with Gasteiger partial charge in [-0.1, -0.05) is 0 Å². The molecule has 0 atom stereocenters. The van der Waals surface area contributed by atoms with Crippen molar-refractivity contribution in [1.82, 2.24) is 0 Å². The number of aliphatic hydroxyl groups excluding tert-OH is 1. The Labute approximate surface area is 73.2 Å². The van der Waals surface area contributed by atoms with E-state index in [9.17, 15) is 0 Å². The van der Waals surface area contributed by atoms with Crippen LogP contribution in [0.15, 0.2) is 0 Å². The van der Waals surface area contributed by atoms with Gasteiger partial charge in [0.1, 0.15) is 13.1 Å². The zero-order valence-corrected chi connectivity index (χ0v) is 8.06. The maximum absolute atomic E-state index is 8.54. The van der Waals surface area contributed by atoms with Gasteiger partial charge in [-0.05, 0) is 5.92 Å². The summed E-state index contributed by atoms with van der Waals surface area (Å²) in [4.78, 5) is 0. The molecule has 2 nitrogen and oxygen atoms in total. The molecule has 0 saturated heterocycles. The molecule has 0 bridgehead atoms. The molecule has 0 aliphatic heterocycles. The Morgan fingerprint density at radius 2 is 2.00 bits per heavy atom. The second kappa shape index (κ2) is 5.72. The molecule has 3 heteroatoms. The molecule has 0 amide bonds. The molecule has 1 N–H and O–H groups in total. The highest BCUT2D eigenvalue weighted by atomic mass is 79.9. The number of aliphatic hydroxyl groups is 1. The van der Waals surface area contributed by atoms with E-state index in [1.165, 1.54) is 0 Å². The van der Waals surface area contributed by atoms with E-state index in [0.29, 0.717) is 11.0 Å². The van der Waals surface area contributed by atoms with Crippen LogP contribution in [0.25, 0.3) is 0 Å². The van der Waals surface area contributed by atoms with Gasteiger partial charge in [0.2, 0.25) is 0 Å². The molecule has 0 heterocycles. The molecule has 0 aromatic heterocycles. The summed E-state index contributed by atoms with van der Waals surface area (Å²) in [7, 11) is 3.99. The zero-order valence-electron chi connectivity index (χ0n) is 6.47. The Morgan fingerprint density at radius 3 is 2.30 bits per heavy atom. The van der Waals surface area contributed by atoms with Crippen LogP contribution in [-0.2, 0) is 0 Å². The van der Waals surface area contributed by atoms with Gasteiger partial charge in [0.15, 0.2) is 0 Å². The summed E-state index contributed by atoms with van der Waals surface area (Å²) in [6, 6.07) is 0. The minimum absolute atomic E-state index is 0. The number of hydrogen-bond acceptors (Lipinski definition) is 1. The van der Waals surface area contributed by atoms with Crippen LogP contribution in [0.4, 0.5) is 0 Å². The van der Waals surface area contributed by atoms with Gasteiger partial charge in [-0.2, -0.15) is 0 Å². The summed E-state index contributed by atoms with van der Waals surface area (Å²) in [6.07, 6.45) is 5.10. The molecular weight excluding hydrogens is 194 g/mol. The fourth-order valence-electron chi connectivity index (χ4n) is 0.597. The first-order valence-electron chi connectivity index (χ1n) is 2.99. The van der Waals surface area contributed by atoms with E-state index in [1.807, 2.05) is 14.1 Å². The van der Waals surface area contributed by atoms with E-state index in [1.54, 1.807) is 0 Å². The van der Waals surface area contributed by atoms with E-state index in [-0.39, 0.29) is 23.6 Å². The quantitative estimate of drug-likeness (QED) is 0.380. The van der Waals surface area contributed by atoms with Crippen LogP contribution < -0.4 is 17.0 Å². The third-order valence-corrected chi connectivity index (χ3v) is 1.22. The number of quaternary nitrogens is 1. The summed E-state index contributed by atoms with van der Waals surface area (Å²) in [5, 5.41) is 8.54. The van der Waals surface area contributed by atoms with Gasteiger partial charge in [-0.15, -0.1) is 6.42 Å². The van der Waals surface area contributed by atoms with Crippen molar-refractivity contribution < 1.29 is 26.6 Å². The Hall–Kier alpha value is -0.0400. The molecule has 0 aromatic rings. The van der Waals surface area contributed by atoms with Crippen molar-refractivity contribution in [3.63, 3.8) is 0 Å². The van der Waals surface area contributed by atoms with Gasteiger partial charge in [0.25, 0.3) is 0 Å². The summed E-state index contributed by atoms with van der Waals surface area (Å²) >= 11 is 0. The number of nitrogens with zero attached hydrogens (tertiary/aromatic N) is 1. The summed E-state index contributed by atoms with van der Waals surface area (Å²) in [5.74, 6) is 2.55. The number of likely N-dealkylation sites (N-methyl/N-ethyl adjacent to an activating group) is 1. The van der Waals surface area contributed by atoms with Crippen molar-refractivity contribution in [3.8, 4) is 12.3 Å². The largest absolute Gasteiger partial charge is 1.00 e. The molecule has 0 unspecified atom stereocenters. The fourth-order valence-corrected chi connectivity index (χ4v) is 0.597. The average molecular weight is 208 g/mol. The fraction of sp³-hybridized carbons (Fsp3) is 0.714. The van der Waals surface area contributed by atoms with Crippen molar-refractivity contribution in [2.75, 3.05) is 33.8 Å². The summed E-state index contributed by atoms with van der Waals surface area (Å²) in [5.41, 5.74) is 0. The highest BCUT2D eigenvalue weighted by Gasteiger charge is 2.10. The summed E-state index contributed by atoms with van der Waals surface area (Å²) < 4.78 is 0.701. The lowest BCUT2D eigenvalue weighted by atomic mass is 10.4. The third kappa shape index (κ3) is 6.09. The highest BCUT2D eigenvalue weighted by molar-refractivity contribution is 4.82. The Kier molecular flexibility index (Phi) is 7.22. The van der Waals surface area contributed by atoms with E-state index < -0.39 is 0 Å². The second-order valence-electron chi connectivity index (χ2n) is 2.75. The minimum atomic E-state index is 0. The highest BCUT2D eigenvalue weighted by Crippen LogP contribution is 1.92. The van der Waals surface area contributed by atoms with Crippen LogP contribution in [0.1, 0.15) is 0 Å². The van der Waals surface area contributed by atoms with Crippen LogP contribution in [0, 0.1) is 12.3 Å². The predicted octanol–water partition coefficient (Wildman–Crippen LogP) is -3.31. The Morgan fingerprint density at radius 1 is 1.50 bits per heavy atom. The van der Waals surface area contributed by atoms with Crippen LogP contribution >= 0.6 is 0 Å². The van der Waals surface area contributed by atoms with Crippen molar-refractivity contribution in [3.05, 3.63) is 0 Å². The van der Waals surface area contributed by atoms with Crippen LogP contribution in [0.2, 0.25) is 0 Å². The van der Waals surface area contributed by atoms with Gasteiger partial charge in [-0.3, -0.25) is 0 Å². The maximum atomic E-state index is 8.54. The van der Waals surface area contributed by atoms with Crippen molar-refractivity contribution in [1.29, 1.82) is 0 Å². The molecule has 0 saturated carbocycles. The Bertz CT molecular complexity index is 117. The maximum Gasteiger partial charge on any atom is 0.140 e. The van der Waals surface area contributed by atoms with Crippen molar-refractivity contribution in [2.24, 2.45) is 0 Å². The lowest BCUT2D eigenvalue weighted by molar-refractivity contribution is -0.883. The molecule has 0 rings (SSSR count). The molecule has 10 heavy (non-hydrogen) atoms. The molecule has 0 aromatic carbocycles. The molecule has 0 fully saturated rings. The van der Waals surface area contributed by atoms with E-state index >= 15 is 0 Å². The SMILES string of the molecule is C#CC[N+](C)(C)CCO.[Br-]. The van der Waals surface area contributed by atoms with E-state index in [4.69, 9.17) is 11.5 Å². The molecule has 0 spiro atoms. The summed E-state index contributed by atoms with van der Waals surface area (Å²) in [6.45, 7) is 1.61. The average Bonchev–Trinajstić information content (AvgIpc) is 1.64. The molecule has 0 radical (unpaired) electrons. The second-order valence-corrected chi connectivity index (χ2v) is 2.75. The van der Waals surface area contributed by atoms with Crippen LogP contribution in [0.5, 0.6) is 0 Å². The Balaban J connectivity index is 0.